The largest absolute Gasteiger partial charge is 0.399 e. The van der Waals surface area contributed by atoms with Gasteiger partial charge in [-0.15, -0.1) is 0 Å². The first kappa shape index (κ1) is 12.1. The van der Waals surface area contributed by atoms with Gasteiger partial charge in [0.25, 0.3) is 0 Å². The van der Waals surface area contributed by atoms with E-state index in [9.17, 15) is 0 Å². The van der Waals surface area contributed by atoms with Crippen molar-refractivity contribution >= 4 is 28.2 Å². The van der Waals surface area contributed by atoms with E-state index >= 15 is 0 Å². The molecule has 0 bridgehead atoms. The maximum absolute atomic E-state index is 6.33. The van der Waals surface area contributed by atoms with Crippen molar-refractivity contribution in [3.63, 3.8) is 0 Å². The zero-order chi connectivity index (χ0) is 13.4. The smallest absolute Gasteiger partial charge is 0.110 e. The monoisotopic (exact) mass is 270 g/mol. The highest BCUT2D eigenvalue weighted by atomic mass is 35.5. The molecule has 3 aromatic rings. The van der Waals surface area contributed by atoms with E-state index in [-0.39, 0.29) is 0 Å². The van der Waals surface area contributed by atoms with Gasteiger partial charge in [0.2, 0.25) is 0 Å². The van der Waals surface area contributed by atoms with Gasteiger partial charge in [0.1, 0.15) is 5.15 Å². The minimum Gasteiger partial charge on any atom is -0.399 e. The summed E-state index contributed by atoms with van der Waals surface area (Å²) >= 11 is 6.33. The van der Waals surface area contributed by atoms with Crippen LogP contribution in [0.1, 0.15) is 11.1 Å². The molecule has 0 spiro atoms. The number of hydrogen-bond acceptors (Lipinski definition) is 1. The molecule has 2 N–H and O–H groups in total. The van der Waals surface area contributed by atoms with Crippen LogP contribution in [0.15, 0.2) is 48.5 Å². The van der Waals surface area contributed by atoms with E-state index < -0.39 is 0 Å². The molecule has 0 atom stereocenters. The molecule has 0 aliphatic heterocycles. The Hall–Kier alpha value is -1.93. The van der Waals surface area contributed by atoms with Gasteiger partial charge in [0, 0.05) is 23.1 Å². The van der Waals surface area contributed by atoms with E-state index in [4.69, 9.17) is 17.3 Å². The van der Waals surface area contributed by atoms with Crippen LogP contribution >= 0.6 is 11.6 Å². The minimum atomic E-state index is 0.757. The molecule has 3 heteroatoms. The van der Waals surface area contributed by atoms with Crippen molar-refractivity contribution in [1.29, 1.82) is 0 Å². The Morgan fingerprint density at radius 1 is 1.11 bits per heavy atom. The van der Waals surface area contributed by atoms with Crippen LogP contribution in [-0.2, 0) is 6.54 Å². The van der Waals surface area contributed by atoms with E-state index in [0.717, 1.165) is 28.5 Å². The number of benzene rings is 2. The Morgan fingerprint density at radius 2 is 1.89 bits per heavy atom. The highest BCUT2D eigenvalue weighted by Gasteiger charge is 2.07. The summed E-state index contributed by atoms with van der Waals surface area (Å²) in [6, 6.07) is 16.3. The first-order valence-electron chi connectivity index (χ1n) is 6.24. The van der Waals surface area contributed by atoms with Crippen LogP contribution in [0.3, 0.4) is 0 Å². The summed E-state index contributed by atoms with van der Waals surface area (Å²) in [6.45, 7) is 2.78. The van der Waals surface area contributed by atoms with Crippen molar-refractivity contribution in [1.82, 2.24) is 4.57 Å². The maximum atomic E-state index is 6.33. The fourth-order valence-electron chi connectivity index (χ4n) is 2.36. The van der Waals surface area contributed by atoms with Gasteiger partial charge in [-0.05, 0) is 36.2 Å². The molecular weight excluding hydrogens is 256 g/mol. The van der Waals surface area contributed by atoms with Crippen molar-refractivity contribution in [2.24, 2.45) is 0 Å². The molecule has 0 amide bonds. The summed E-state index contributed by atoms with van der Waals surface area (Å²) in [7, 11) is 0. The third kappa shape index (κ3) is 2.20. The lowest BCUT2D eigenvalue weighted by molar-refractivity contribution is 0.837. The molecule has 0 saturated carbocycles. The molecule has 3 rings (SSSR count). The summed E-state index contributed by atoms with van der Waals surface area (Å²) < 4.78 is 2.11. The summed E-state index contributed by atoms with van der Waals surface area (Å²) in [4.78, 5) is 0. The fraction of sp³-hybridized carbons (Fsp3) is 0.125. The van der Waals surface area contributed by atoms with Gasteiger partial charge in [0.05, 0.1) is 0 Å². The molecular formula is C16H15ClN2. The van der Waals surface area contributed by atoms with Crippen molar-refractivity contribution in [2.45, 2.75) is 13.5 Å². The quantitative estimate of drug-likeness (QED) is 0.694. The molecule has 0 aliphatic carbocycles. The lowest BCUT2D eigenvalue weighted by Crippen LogP contribution is -2.00. The molecule has 19 heavy (non-hydrogen) atoms. The maximum Gasteiger partial charge on any atom is 0.110 e. The summed E-state index contributed by atoms with van der Waals surface area (Å²) in [5, 5.41) is 1.93. The second kappa shape index (κ2) is 4.63. The van der Waals surface area contributed by atoms with Crippen molar-refractivity contribution in [3.05, 3.63) is 64.8 Å². The van der Waals surface area contributed by atoms with E-state index in [1.165, 1.54) is 10.9 Å². The Kier molecular flexibility index (Phi) is 2.96. The van der Waals surface area contributed by atoms with Gasteiger partial charge < -0.3 is 10.3 Å². The molecule has 0 aliphatic rings. The van der Waals surface area contributed by atoms with Crippen molar-refractivity contribution in [2.75, 3.05) is 5.73 Å². The molecule has 96 valence electrons. The highest BCUT2D eigenvalue weighted by molar-refractivity contribution is 6.31. The second-order valence-electron chi connectivity index (χ2n) is 4.80. The van der Waals surface area contributed by atoms with Crippen LogP contribution in [0.5, 0.6) is 0 Å². The average Bonchev–Trinajstić information content (AvgIpc) is 2.71. The zero-order valence-electron chi connectivity index (χ0n) is 10.7. The Bertz CT molecular complexity index is 744. The SMILES string of the molecule is Cc1cc(Cn2c(Cl)cc3ccccc32)ccc1N. The number of para-hydroxylation sites is 1. The first-order chi connectivity index (χ1) is 9.15. The number of fused-ring (bicyclic) bond motifs is 1. The summed E-state index contributed by atoms with van der Waals surface area (Å²) in [5.74, 6) is 0. The topological polar surface area (TPSA) is 30.9 Å². The van der Waals surface area contributed by atoms with Crippen molar-refractivity contribution < 1.29 is 0 Å². The predicted octanol–water partition coefficient (Wildman–Crippen LogP) is 4.23. The molecule has 0 radical (unpaired) electrons. The van der Waals surface area contributed by atoms with Crippen molar-refractivity contribution in [3.8, 4) is 0 Å². The summed E-state index contributed by atoms with van der Waals surface area (Å²) in [5.41, 5.74) is 10.1. The van der Waals surface area contributed by atoms with Gasteiger partial charge in [0.15, 0.2) is 0 Å². The Labute approximate surface area is 117 Å². The van der Waals surface area contributed by atoms with Crippen LogP contribution in [0.25, 0.3) is 10.9 Å². The van der Waals surface area contributed by atoms with E-state index in [1.807, 2.05) is 37.3 Å². The van der Waals surface area contributed by atoms with E-state index in [2.05, 4.69) is 22.8 Å². The van der Waals surface area contributed by atoms with Gasteiger partial charge in [-0.2, -0.15) is 0 Å². The fourth-order valence-corrected chi connectivity index (χ4v) is 2.62. The highest BCUT2D eigenvalue weighted by Crippen LogP contribution is 2.25. The Morgan fingerprint density at radius 3 is 2.68 bits per heavy atom. The van der Waals surface area contributed by atoms with Gasteiger partial charge in [-0.1, -0.05) is 41.9 Å². The van der Waals surface area contributed by atoms with E-state index in [0.29, 0.717) is 0 Å². The summed E-state index contributed by atoms with van der Waals surface area (Å²) in [6.07, 6.45) is 0. The molecule has 1 aromatic heterocycles. The molecule has 1 heterocycles. The molecule has 2 aromatic carbocycles. The third-order valence-corrected chi connectivity index (χ3v) is 3.75. The molecule has 0 unspecified atom stereocenters. The number of halogens is 1. The number of nitrogens with zero attached hydrogens (tertiary/aromatic N) is 1. The molecule has 2 nitrogen and oxygen atoms in total. The number of hydrogen-bond donors (Lipinski definition) is 1. The second-order valence-corrected chi connectivity index (χ2v) is 5.19. The van der Waals surface area contributed by atoms with Gasteiger partial charge in [-0.3, -0.25) is 0 Å². The van der Waals surface area contributed by atoms with E-state index in [1.54, 1.807) is 0 Å². The first-order valence-corrected chi connectivity index (χ1v) is 6.62. The van der Waals surface area contributed by atoms with Crippen LogP contribution < -0.4 is 5.73 Å². The number of anilines is 1. The lowest BCUT2D eigenvalue weighted by Gasteiger charge is -2.09. The minimum absolute atomic E-state index is 0.757. The number of aryl methyl sites for hydroxylation is 1. The molecule has 0 fully saturated rings. The number of rotatable bonds is 2. The standard InChI is InChI=1S/C16H15ClN2/c1-11-8-12(6-7-14(11)18)10-19-15-5-3-2-4-13(15)9-16(19)17/h2-9H,10,18H2,1H3. The van der Waals surface area contributed by atoms with Crippen LogP contribution in [0, 0.1) is 6.92 Å². The Balaban J connectivity index is 2.05. The zero-order valence-corrected chi connectivity index (χ0v) is 11.5. The average molecular weight is 271 g/mol. The normalized spacial score (nSPS) is 11.1. The van der Waals surface area contributed by atoms with Crippen LogP contribution in [0.4, 0.5) is 5.69 Å². The van der Waals surface area contributed by atoms with Crippen LogP contribution in [-0.4, -0.2) is 4.57 Å². The number of aromatic nitrogens is 1. The van der Waals surface area contributed by atoms with Gasteiger partial charge in [-0.25, -0.2) is 0 Å². The number of nitrogens with two attached hydrogens (primary N) is 1. The van der Waals surface area contributed by atoms with Crippen LogP contribution in [0.2, 0.25) is 5.15 Å². The molecule has 0 saturated heterocycles. The lowest BCUT2D eigenvalue weighted by atomic mass is 10.1. The number of nitrogen functional groups attached to an aromatic ring is 1. The van der Waals surface area contributed by atoms with Gasteiger partial charge >= 0.3 is 0 Å². The third-order valence-electron chi connectivity index (χ3n) is 3.43. The predicted molar refractivity (Wildman–Crippen MR) is 81.6 cm³/mol.